The molecule has 23 heavy (non-hydrogen) atoms. The average Bonchev–Trinajstić information content (AvgIpc) is 2.98. The van der Waals surface area contributed by atoms with E-state index in [0.29, 0.717) is 18.7 Å². The van der Waals surface area contributed by atoms with Crippen molar-refractivity contribution in [2.45, 2.75) is 13.5 Å². The van der Waals surface area contributed by atoms with Crippen molar-refractivity contribution < 1.29 is 4.74 Å². The smallest absolute Gasteiger partial charge is 0.119 e. The predicted molar refractivity (Wildman–Crippen MR) is 90.9 cm³/mol. The summed E-state index contributed by atoms with van der Waals surface area (Å²) in [6, 6.07) is 17.9. The average molecular weight is 303 g/mol. The number of benzene rings is 2. The molecule has 0 aliphatic rings. The number of nitriles is 1. The van der Waals surface area contributed by atoms with Gasteiger partial charge in [0.2, 0.25) is 0 Å². The molecule has 0 fully saturated rings. The number of para-hydroxylation sites is 2. The SMILES string of the molecule is CCOc1cccc(/C=C(/C#N)Cn2cnc3ccccc32)c1. The van der Waals surface area contributed by atoms with Gasteiger partial charge < -0.3 is 9.30 Å². The van der Waals surface area contributed by atoms with Crippen molar-refractivity contribution in [1.82, 2.24) is 9.55 Å². The second-order valence-electron chi connectivity index (χ2n) is 5.15. The second-order valence-corrected chi connectivity index (χ2v) is 5.15. The summed E-state index contributed by atoms with van der Waals surface area (Å²) in [7, 11) is 0. The summed E-state index contributed by atoms with van der Waals surface area (Å²) in [5.74, 6) is 0.812. The first-order chi connectivity index (χ1) is 11.3. The molecule has 1 heterocycles. The van der Waals surface area contributed by atoms with Crippen LogP contribution in [-0.4, -0.2) is 16.2 Å². The predicted octanol–water partition coefficient (Wildman–Crippen LogP) is 4.04. The molecule has 1 aromatic heterocycles. The van der Waals surface area contributed by atoms with Crippen LogP contribution >= 0.6 is 0 Å². The van der Waals surface area contributed by atoms with Crippen LogP contribution in [0.25, 0.3) is 17.1 Å². The highest BCUT2D eigenvalue weighted by atomic mass is 16.5. The molecule has 0 aliphatic heterocycles. The van der Waals surface area contributed by atoms with E-state index in [9.17, 15) is 5.26 Å². The van der Waals surface area contributed by atoms with Crippen LogP contribution in [0.15, 0.2) is 60.4 Å². The van der Waals surface area contributed by atoms with Crippen LogP contribution in [0.4, 0.5) is 0 Å². The van der Waals surface area contributed by atoms with Crippen molar-refractivity contribution in [2.24, 2.45) is 0 Å². The van der Waals surface area contributed by atoms with Crippen molar-refractivity contribution in [1.29, 1.82) is 5.26 Å². The van der Waals surface area contributed by atoms with Gasteiger partial charge in [0.25, 0.3) is 0 Å². The molecule has 0 N–H and O–H groups in total. The largest absolute Gasteiger partial charge is 0.494 e. The Morgan fingerprint density at radius 1 is 1.26 bits per heavy atom. The summed E-state index contributed by atoms with van der Waals surface area (Å²) in [5, 5.41) is 9.45. The minimum atomic E-state index is 0.496. The number of ether oxygens (including phenoxy) is 1. The lowest BCUT2D eigenvalue weighted by molar-refractivity contribution is 0.340. The first-order valence-corrected chi connectivity index (χ1v) is 7.53. The molecule has 0 radical (unpaired) electrons. The zero-order chi connectivity index (χ0) is 16.1. The Morgan fingerprint density at radius 3 is 2.96 bits per heavy atom. The minimum Gasteiger partial charge on any atom is -0.494 e. The number of fused-ring (bicyclic) bond motifs is 1. The topological polar surface area (TPSA) is 50.8 Å². The molecule has 0 saturated heterocycles. The van der Waals surface area contributed by atoms with Crippen molar-refractivity contribution in [3.05, 3.63) is 66.0 Å². The lowest BCUT2D eigenvalue weighted by atomic mass is 10.1. The van der Waals surface area contributed by atoms with Crippen molar-refractivity contribution in [2.75, 3.05) is 6.61 Å². The van der Waals surface area contributed by atoms with Crippen LogP contribution in [0.3, 0.4) is 0 Å². The maximum absolute atomic E-state index is 9.45. The molecule has 0 bridgehead atoms. The number of aromatic nitrogens is 2. The highest BCUT2D eigenvalue weighted by molar-refractivity contribution is 5.75. The quantitative estimate of drug-likeness (QED) is 0.668. The summed E-state index contributed by atoms with van der Waals surface area (Å²) in [6.45, 7) is 3.07. The summed E-state index contributed by atoms with van der Waals surface area (Å²) in [4.78, 5) is 4.36. The third-order valence-electron chi connectivity index (χ3n) is 3.52. The van der Waals surface area contributed by atoms with Crippen LogP contribution in [0.2, 0.25) is 0 Å². The number of rotatable bonds is 5. The Hall–Kier alpha value is -3.06. The van der Waals surface area contributed by atoms with E-state index in [2.05, 4.69) is 11.1 Å². The molecule has 4 nitrogen and oxygen atoms in total. The van der Waals surface area contributed by atoms with Gasteiger partial charge in [0.1, 0.15) is 5.75 Å². The van der Waals surface area contributed by atoms with Crippen LogP contribution in [-0.2, 0) is 6.54 Å². The van der Waals surface area contributed by atoms with Crippen LogP contribution in [0.5, 0.6) is 5.75 Å². The number of hydrogen-bond donors (Lipinski definition) is 0. The molecule has 2 aromatic carbocycles. The first kappa shape index (κ1) is 14.9. The van der Waals surface area contributed by atoms with E-state index in [0.717, 1.165) is 22.3 Å². The molecular formula is C19H17N3O. The van der Waals surface area contributed by atoms with Crippen LogP contribution < -0.4 is 4.74 Å². The molecule has 0 spiro atoms. The summed E-state index contributed by atoms with van der Waals surface area (Å²) in [6.07, 6.45) is 3.66. The fraction of sp³-hybridized carbons (Fsp3) is 0.158. The first-order valence-electron chi connectivity index (χ1n) is 7.53. The van der Waals surface area contributed by atoms with Crippen molar-refractivity contribution in [3.8, 4) is 11.8 Å². The van der Waals surface area contributed by atoms with Gasteiger partial charge in [0, 0.05) is 5.57 Å². The molecule has 3 aromatic rings. The van der Waals surface area contributed by atoms with E-state index >= 15 is 0 Å². The maximum Gasteiger partial charge on any atom is 0.119 e. The Kier molecular flexibility index (Phi) is 4.39. The third-order valence-corrected chi connectivity index (χ3v) is 3.52. The van der Waals surface area contributed by atoms with Crippen LogP contribution in [0.1, 0.15) is 12.5 Å². The van der Waals surface area contributed by atoms with Gasteiger partial charge >= 0.3 is 0 Å². The second kappa shape index (κ2) is 6.80. The molecule has 0 amide bonds. The third kappa shape index (κ3) is 3.41. The fourth-order valence-electron chi connectivity index (χ4n) is 2.50. The van der Waals surface area contributed by atoms with Crippen LogP contribution in [0, 0.1) is 11.3 Å². The van der Waals surface area contributed by atoms with E-state index in [-0.39, 0.29) is 0 Å². The zero-order valence-corrected chi connectivity index (χ0v) is 12.9. The fourth-order valence-corrected chi connectivity index (χ4v) is 2.50. The molecular weight excluding hydrogens is 286 g/mol. The van der Waals surface area contributed by atoms with Gasteiger partial charge in [-0.15, -0.1) is 0 Å². The zero-order valence-electron chi connectivity index (χ0n) is 12.9. The van der Waals surface area contributed by atoms with E-state index in [4.69, 9.17) is 4.74 Å². The summed E-state index contributed by atoms with van der Waals surface area (Å²) < 4.78 is 7.48. The standard InChI is InChI=1S/C19H17N3O/c1-2-23-17-7-5-6-15(11-17)10-16(12-20)13-22-14-21-18-8-3-4-9-19(18)22/h3-11,14H,2,13H2,1H3/b16-10-. The van der Waals surface area contributed by atoms with E-state index < -0.39 is 0 Å². The molecule has 0 unspecified atom stereocenters. The Balaban J connectivity index is 1.88. The Labute approximate surface area is 135 Å². The minimum absolute atomic E-state index is 0.496. The van der Waals surface area contributed by atoms with Gasteiger partial charge in [-0.1, -0.05) is 24.3 Å². The maximum atomic E-state index is 9.45. The van der Waals surface area contributed by atoms with Gasteiger partial charge in [-0.05, 0) is 42.8 Å². The molecule has 114 valence electrons. The summed E-state index contributed by atoms with van der Waals surface area (Å²) >= 11 is 0. The van der Waals surface area contributed by atoms with Gasteiger partial charge in [0.05, 0.1) is 36.6 Å². The van der Waals surface area contributed by atoms with E-state index in [1.54, 1.807) is 6.33 Å². The van der Waals surface area contributed by atoms with Gasteiger partial charge in [-0.2, -0.15) is 5.26 Å². The van der Waals surface area contributed by atoms with Gasteiger partial charge in [-0.25, -0.2) is 4.98 Å². The molecule has 0 aliphatic carbocycles. The van der Waals surface area contributed by atoms with E-state index in [1.165, 1.54) is 0 Å². The van der Waals surface area contributed by atoms with Crippen molar-refractivity contribution in [3.63, 3.8) is 0 Å². The highest BCUT2D eigenvalue weighted by Gasteiger charge is 2.04. The molecule has 0 saturated carbocycles. The number of hydrogen-bond acceptors (Lipinski definition) is 3. The lowest BCUT2D eigenvalue weighted by Gasteiger charge is -2.05. The van der Waals surface area contributed by atoms with E-state index in [1.807, 2.05) is 66.1 Å². The highest BCUT2D eigenvalue weighted by Crippen LogP contribution is 2.18. The van der Waals surface area contributed by atoms with Crippen molar-refractivity contribution >= 4 is 17.1 Å². The summed E-state index contributed by atoms with van der Waals surface area (Å²) in [5.41, 5.74) is 3.58. The van der Waals surface area contributed by atoms with Gasteiger partial charge in [0.15, 0.2) is 0 Å². The normalized spacial score (nSPS) is 11.4. The molecule has 0 atom stereocenters. The molecule has 4 heteroatoms. The number of imidazole rings is 1. The Bertz CT molecular complexity index is 887. The molecule has 3 rings (SSSR count). The monoisotopic (exact) mass is 303 g/mol. The van der Waals surface area contributed by atoms with Gasteiger partial charge in [-0.3, -0.25) is 0 Å². The number of allylic oxidation sites excluding steroid dienone is 1. The lowest BCUT2D eigenvalue weighted by Crippen LogP contribution is -1.98. The Morgan fingerprint density at radius 2 is 2.13 bits per heavy atom. The number of nitrogens with zero attached hydrogens (tertiary/aromatic N) is 3.